The summed E-state index contributed by atoms with van der Waals surface area (Å²) in [5.74, 6) is 0.428. The summed E-state index contributed by atoms with van der Waals surface area (Å²) in [6.45, 7) is 12.0. The van der Waals surface area contributed by atoms with Gasteiger partial charge in [0.25, 0.3) is 0 Å². The third-order valence-corrected chi connectivity index (χ3v) is 9.02. The number of anilines is 1. The van der Waals surface area contributed by atoms with Gasteiger partial charge in [-0.1, -0.05) is 43.0 Å². The van der Waals surface area contributed by atoms with Gasteiger partial charge >= 0.3 is 0 Å². The molecule has 3 N–H and O–H groups in total. The molecule has 222 valence electrons. The standard InChI is InChI=1S/C36H42N6O/c1-8-32(43)42(7)31-19-28(10-9-22(31)2)34-33-23(3)30(29(20-37)24(4)38-5)21-39-36(33)40-35(34)27-13-11-25(12-14-27)26-15-17-41(6)18-16-26/h8-14,19-21,26H,1,15-18,37H2,2-7H3,(H,39,40)/b29-20+,38-24?. The van der Waals surface area contributed by atoms with E-state index >= 15 is 0 Å². The summed E-state index contributed by atoms with van der Waals surface area (Å²) in [6.07, 6.45) is 7.18. The molecule has 7 nitrogen and oxygen atoms in total. The highest BCUT2D eigenvalue weighted by Gasteiger charge is 2.23. The van der Waals surface area contributed by atoms with Gasteiger partial charge in [0.05, 0.1) is 5.69 Å². The number of nitrogens with two attached hydrogens (primary N) is 1. The average molecular weight is 575 g/mol. The number of hydrogen-bond donors (Lipinski definition) is 2. The molecule has 1 saturated heterocycles. The first-order chi connectivity index (χ1) is 20.7. The molecule has 0 radical (unpaired) electrons. The van der Waals surface area contributed by atoms with E-state index in [4.69, 9.17) is 10.7 Å². The Bertz CT molecular complexity index is 1740. The van der Waals surface area contributed by atoms with Crippen molar-refractivity contribution in [1.29, 1.82) is 0 Å². The molecule has 2 aromatic heterocycles. The normalized spacial score (nSPS) is 15.2. The zero-order valence-electron chi connectivity index (χ0n) is 26.2. The molecule has 2 aromatic carbocycles. The molecule has 0 saturated carbocycles. The van der Waals surface area contributed by atoms with Crippen molar-refractivity contribution in [3.63, 3.8) is 0 Å². The summed E-state index contributed by atoms with van der Waals surface area (Å²) in [5, 5.41) is 1.02. The second kappa shape index (κ2) is 12.4. The molecular formula is C36H42N6O. The van der Waals surface area contributed by atoms with E-state index in [9.17, 15) is 4.79 Å². The van der Waals surface area contributed by atoms with Gasteiger partial charge in [-0.2, -0.15) is 0 Å². The molecule has 0 spiro atoms. The molecule has 1 aliphatic rings. The first-order valence-corrected chi connectivity index (χ1v) is 14.9. The number of hydrogen-bond acceptors (Lipinski definition) is 5. The molecule has 0 bridgehead atoms. The van der Waals surface area contributed by atoms with E-state index in [2.05, 4.69) is 77.9 Å². The van der Waals surface area contributed by atoms with Crippen LogP contribution in [0.4, 0.5) is 5.69 Å². The van der Waals surface area contributed by atoms with Crippen molar-refractivity contribution in [1.82, 2.24) is 14.9 Å². The van der Waals surface area contributed by atoms with E-state index in [-0.39, 0.29) is 5.91 Å². The number of likely N-dealkylation sites (N-methyl/N-ethyl adjacent to an activating group) is 1. The number of amides is 1. The highest BCUT2D eigenvalue weighted by atomic mass is 16.2. The van der Waals surface area contributed by atoms with E-state index in [1.54, 1.807) is 25.2 Å². The van der Waals surface area contributed by atoms with Crippen LogP contribution in [0.1, 0.15) is 47.9 Å². The van der Waals surface area contributed by atoms with Crippen molar-refractivity contribution in [2.75, 3.05) is 39.1 Å². The zero-order chi connectivity index (χ0) is 30.8. The third-order valence-electron chi connectivity index (χ3n) is 9.02. The Hall–Kier alpha value is -4.49. The van der Waals surface area contributed by atoms with E-state index in [1.165, 1.54) is 24.5 Å². The van der Waals surface area contributed by atoms with Crippen LogP contribution in [0.5, 0.6) is 0 Å². The Balaban J connectivity index is 1.73. The number of aromatic amines is 1. The van der Waals surface area contributed by atoms with Gasteiger partial charge in [0, 0.05) is 60.0 Å². The smallest absolute Gasteiger partial charge is 0.250 e. The van der Waals surface area contributed by atoms with Crippen LogP contribution in [-0.2, 0) is 4.79 Å². The molecule has 1 fully saturated rings. The van der Waals surface area contributed by atoms with Gasteiger partial charge in [-0.05, 0) is 99.6 Å². The number of rotatable bonds is 7. The van der Waals surface area contributed by atoms with Crippen LogP contribution in [0.15, 0.2) is 72.5 Å². The zero-order valence-corrected chi connectivity index (χ0v) is 26.2. The van der Waals surface area contributed by atoms with Gasteiger partial charge in [0.2, 0.25) is 5.91 Å². The van der Waals surface area contributed by atoms with Crippen molar-refractivity contribution in [2.45, 2.75) is 39.5 Å². The number of aliphatic imine (C=N–C) groups is 1. The van der Waals surface area contributed by atoms with Gasteiger partial charge in [0.15, 0.2) is 0 Å². The van der Waals surface area contributed by atoms with Gasteiger partial charge in [0.1, 0.15) is 5.65 Å². The highest BCUT2D eigenvalue weighted by Crippen LogP contribution is 2.42. The SMILES string of the molecule is C=CC(=O)N(C)c1cc(-c2c(-c3ccc(C4CCN(C)CC4)cc3)[nH]c3ncc(/C(=C/N)C(C)=NC)c(C)c23)ccc1C. The van der Waals surface area contributed by atoms with Crippen molar-refractivity contribution < 1.29 is 4.79 Å². The summed E-state index contributed by atoms with van der Waals surface area (Å²) in [6, 6.07) is 15.3. The van der Waals surface area contributed by atoms with Crippen LogP contribution in [0, 0.1) is 13.8 Å². The Morgan fingerprint density at radius 1 is 1.14 bits per heavy atom. The number of nitrogens with one attached hydrogen (secondary N) is 1. The summed E-state index contributed by atoms with van der Waals surface area (Å²) in [7, 11) is 5.75. The fourth-order valence-corrected chi connectivity index (χ4v) is 6.26. The Kier molecular flexibility index (Phi) is 8.64. The Labute approximate surface area is 254 Å². The minimum atomic E-state index is -0.156. The largest absolute Gasteiger partial charge is 0.404 e. The van der Waals surface area contributed by atoms with Crippen molar-refractivity contribution in [2.24, 2.45) is 10.7 Å². The third kappa shape index (κ3) is 5.65. The van der Waals surface area contributed by atoms with E-state index in [0.717, 1.165) is 80.2 Å². The van der Waals surface area contributed by atoms with Crippen LogP contribution in [-0.4, -0.2) is 60.7 Å². The summed E-state index contributed by atoms with van der Waals surface area (Å²) < 4.78 is 0. The second-order valence-electron chi connectivity index (χ2n) is 11.6. The van der Waals surface area contributed by atoms with E-state index in [1.807, 2.05) is 20.0 Å². The molecule has 1 aliphatic heterocycles. The van der Waals surface area contributed by atoms with Crippen LogP contribution >= 0.6 is 0 Å². The van der Waals surface area contributed by atoms with Gasteiger partial charge in [-0.15, -0.1) is 0 Å². The lowest BCUT2D eigenvalue weighted by Crippen LogP contribution is -2.29. The summed E-state index contributed by atoms with van der Waals surface area (Å²) >= 11 is 0. The number of pyridine rings is 1. The molecule has 0 aliphatic carbocycles. The monoisotopic (exact) mass is 574 g/mol. The lowest BCUT2D eigenvalue weighted by Gasteiger charge is -2.29. The Morgan fingerprint density at radius 3 is 2.44 bits per heavy atom. The molecule has 1 amide bonds. The fourth-order valence-electron chi connectivity index (χ4n) is 6.26. The van der Waals surface area contributed by atoms with Crippen LogP contribution in [0.2, 0.25) is 0 Å². The van der Waals surface area contributed by atoms with Crippen LogP contribution in [0.25, 0.3) is 39.0 Å². The lowest BCUT2D eigenvalue weighted by atomic mass is 9.88. The van der Waals surface area contributed by atoms with Gasteiger partial charge < -0.3 is 20.5 Å². The first kappa shape index (κ1) is 30.0. The lowest BCUT2D eigenvalue weighted by molar-refractivity contribution is -0.113. The summed E-state index contributed by atoms with van der Waals surface area (Å²) in [5.41, 5.74) is 17.9. The quantitative estimate of drug-likeness (QED) is 0.186. The Morgan fingerprint density at radius 2 is 1.81 bits per heavy atom. The predicted octanol–water partition coefficient (Wildman–Crippen LogP) is 6.86. The molecule has 0 atom stereocenters. The molecule has 7 heteroatoms. The van der Waals surface area contributed by atoms with Gasteiger partial charge in [-0.3, -0.25) is 9.79 Å². The van der Waals surface area contributed by atoms with Gasteiger partial charge in [-0.25, -0.2) is 4.98 Å². The maximum atomic E-state index is 12.6. The van der Waals surface area contributed by atoms with Crippen LogP contribution in [0.3, 0.4) is 0 Å². The number of benzene rings is 2. The highest BCUT2D eigenvalue weighted by molar-refractivity contribution is 6.23. The number of H-pyrrole nitrogens is 1. The summed E-state index contributed by atoms with van der Waals surface area (Å²) in [4.78, 5) is 29.6. The average Bonchev–Trinajstić information content (AvgIpc) is 3.42. The first-order valence-electron chi connectivity index (χ1n) is 14.9. The number of carbonyl (C=O) groups is 1. The molecular weight excluding hydrogens is 532 g/mol. The number of likely N-dealkylation sites (tertiary alicyclic amines) is 1. The van der Waals surface area contributed by atoms with E-state index in [0.29, 0.717) is 5.92 Å². The number of aryl methyl sites for hydroxylation is 2. The van der Waals surface area contributed by atoms with Crippen molar-refractivity contribution >= 4 is 33.9 Å². The molecule has 0 unspecified atom stereocenters. The molecule has 43 heavy (non-hydrogen) atoms. The number of nitrogens with zero attached hydrogens (tertiary/aromatic N) is 4. The maximum Gasteiger partial charge on any atom is 0.250 e. The number of fused-ring (bicyclic) bond motifs is 1. The minimum absolute atomic E-state index is 0.156. The number of aromatic nitrogens is 2. The van der Waals surface area contributed by atoms with Crippen LogP contribution < -0.4 is 10.6 Å². The fraction of sp³-hybridized carbons (Fsp3) is 0.306. The predicted molar refractivity (Wildman–Crippen MR) is 181 cm³/mol. The minimum Gasteiger partial charge on any atom is -0.404 e. The number of allylic oxidation sites excluding steroid dienone is 1. The number of carbonyl (C=O) groups excluding carboxylic acids is 1. The van der Waals surface area contributed by atoms with Crippen molar-refractivity contribution in [3.8, 4) is 22.4 Å². The maximum absolute atomic E-state index is 12.6. The number of piperidine rings is 1. The molecule has 5 rings (SSSR count). The second-order valence-corrected chi connectivity index (χ2v) is 11.6. The van der Waals surface area contributed by atoms with Crippen molar-refractivity contribution in [3.05, 3.63) is 89.8 Å². The topological polar surface area (TPSA) is 90.6 Å². The van der Waals surface area contributed by atoms with E-state index < -0.39 is 0 Å². The molecule has 3 heterocycles. The molecule has 4 aromatic rings.